The number of nitrogens with one attached hydrogen (secondary N) is 1. The number of allylic oxidation sites excluding steroid dienone is 1. The van der Waals surface area contributed by atoms with Gasteiger partial charge < -0.3 is 10.1 Å². The zero-order chi connectivity index (χ0) is 16.1. The van der Waals surface area contributed by atoms with Crippen molar-refractivity contribution in [1.82, 2.24) is 4.98 Å². The molecule has 4 nitrogen and oxygen atoms in total. The van der Waals surface area contributed by atoms with Crippen LogP contribution in [0.25, 0.3) is 11.1 Å². The molecule has 3 rings (SSSR count). The Hall–Kier alpha value is -2.62. The molecule has 0 saturated carbocycles. The highest BCUT2D eigenvalue weighted by Gasteiger charge is 2.16. The molecule has 23 heavy (non-hydrogen) atoms. The summed E-state index contributed by atoms with van der Waals surface area (Å²) < 4.78 is 5.59. The van der Waals surface area contributed by atoms with E-state index in [9.17, 15) is 4.79 Å². The van der Waals surface area contributed by atoms with Crippen LogP contribution in [0.1, 0.15) is 26.2 Å². The van der Waals surface area contributed by atoms with E-state index in [1.165, 1.54) is 0 Å². The lowest BCUT2D eigenvalue weighted by atomic mass is 10.1. The van der Waals surface area contributed by atoms with E-state index in [0.717, 1.165) is 29.7 Å². The number of ether oxygens (including phenoxy) is 1. The molecule has 0 radical (unpaired) electrons. The highest BCUT2D eigenvalue weighted by molar-refractivity contribution is 5.89. The number of carbonyl (C=O) groups excluding carboxylic acids is 1. The maximum absolute atomic E-state index is 12.0. The molecule has 1 unspecified atom stereocenters. The highest BCUT2D eigenvalue weighted by Crippen LogP contribution is 2.21. The first-order valence-electron chi connectivity index (χ1n) is 7.85. The quantitative estimate of drug-likeness (QED) is 0.902. The summed E-state index contributed by atoms with van der Waals surface area (Å²) in [5.74, 6) is 1.50. The van der Waals surface area contributed by atoms with Gasteiger partial charge >= 0.3 is 0 Å². The number of nitrogens with zero attached hydrogens (tertiary/aromatic N) is 1. The van der Waals surface area contributed by atoms with Crippen LogP contribution in [0.3, 0.4) is 0 Å². The Kier molecular flexibility index (Phi) is 4.71. The third kappa shape index (κ3) is 4.19. The second-order valence-corrected chi connectivity index (χ2v) is 5.68. The third-order valence-corrected chi connectivity index (χ3v) is 3.85. The average molecular weight is 308 g/mol. The zero-order valence-electron chi connectivity index (χ0n) is 13.2. The lowest BCUT2D eigenvalue weighted by Crippen LogP contribution is -2.16. The Balaban J connectivity index is 1.51. The van der Waals surface area contributed by atoms with Crippen LogP contribution in [0, 0.1) is 0 Å². The smallest absolute Gasteiger partial charge is 0.225 e. The van der Waals surface area contributed by atoms with Gasteiger partial charge in [-0.05, 0) is 37.1 Å². The normalized spacial score (nSPS) is 16.6. The van der Waals surface area contributed by atoms with Crippen LogP contribution in [0.15, 0.2) is 60.5 Å². The molecule has 0 bridgehead atoms. The van der Waals surface area contributed by atoms with Gasteiger partial charge in [0, 0.05) is 24.6 Å². The molecule has 1 amide bonds. The van der Waals surface area contributed by atoms with E-state index >= 15 is 0 Å². The predicted molar refractivity (Wildman–Crippen MR) is 90.8 cm³/mol. The Morgan fingerprint density at radius 1 is 1.22 bits per heavy atom. The summed E-state index contributed by atoms with van der Waals surface area (Å²) in [5, 5.41) is 2.83. The zero-order valence-corrected chi connectivity index (χ0v) is 13.2. The SMILES string of the molecule is CC1=CCC(CCC(=O)Nc2ccc(-c3ccccc3)cn2)O1. The molecule has 0 saturated heterocycles. The molecule has 0 fully saturated rings. The van der Waals surface area contributed by atoms with Gasteiger partial charge in [0.25, 0.3) is 0 Å². The Morgan fingerprint density at radius 2 is 2.04 bits per heavy atom. The minimum atomic E-state index is -0.0295. The van der Waals surface area contributed by atoms with Gasteiger partial charge in [-0.1, -0.05) is 30.3 Å². The van der Waals surface area contributed by atoms with Crippen molar-refractivity contribution in [3.63, 3.8) is 0 Å². The molecule has 4 heteroatoms. The summed E-state index contributed by atoms with van der Waals surface area (Å²) in [7, 11) is 0. The third-order valence-electron chi connectivity index (χ3n) is 3.85. The van der Waals surface area contributed by atoms with Gasteiger partial charge in [0.15, 0.2) is 0 Å². The fourth-order valence-electron chi connectivity index (χ4n) is 2.60. The monoisotopic (exact) mass is 308 g/mol. The van der Waals surface area contributed by atoms with Crippen molar-refractivity contribution >= 4 is 11.7 Å². The van der Waals surface area contributed by atoms with E-state index in [4.69, 9.17) is 4.74 Å². The van der Waals surface area contributed by atoms with E-state index in [-0.39, 0.29) is 12.0 Å². The van der Waals surface area contributed by atoms with Crippen LogP contribution < -0.4 is 5.32 Å². The van der Waals surface area contributed by atoms with Gasteiger partial charge in [-0.2, -0.15) is 0 Å². The summed E-state index contributed by atoms with van der Waals surface area (Å²) >= 11 is 0. The van der Waals surface area contributed by atoms with Gasteiger partial charge in [-0.25, -0.2) is 4.98 Å². The van der Waals surface area contributed by atoms with E-state index < -0.39 is 0 Å². The number of rotatable bonds is 5. The van der Waals surface area contributed by atoms with Crippen molar-refractivity contribution in [2.75, 3.05) is 5.32 Å². The number of pyridine rings is 1. The predicted octanol–water partition coefficient (Wildman–Crippen LogP) is 4.16. The summed E-state index contributed by atoms with van der Waals surface area (Å²) in [6.45, 7) is 1.94. The lowest BCUT2D eigenvalue weighted by Gasteiger charge is -2.11. The van der Waals surface area contributed by atoms with E-state index in [1.54, 1.807) is 6.20 Å². The number of anilines is 1. The first-order valence-corrected chi connectivity index (χ1v) is 7.85. The number of hydrogen-bond acceptors (Lipinski definition) is 3. The van der Waals surface area contributed by atoms with Crippen molar-refractivity contribution in [1.29, 1.82) is 0 Å². The second kappa shape index (κ2) is 7.09. The number of benzene rings is 1. The molecule has 1 aliphatic rings. The molecule has 0 aliphatic carbocycles. The number of amides is 1. The number of carbonyl (C=O) groups is 1. The average Bonchev–Trinajstić information content (AvgIpc) is 3.00. The first-order chi connectivity index (χ1) is 11.2. The van der Waals surface area contributed by atoms with Crippen LogP contribution in [0.2, 0.25) is 0 Å². The Morgan fingerprint density at radius 3 is 2.70 bits per heavy atom. The molecular weight excluding hydrogens is 288 g/mol. The molecular formula is C19H20N2O2. The van der Waals surface area contributed by atoms with Gasteiger partial charge in [-0.15, -0.1) is 0 Å². The van der Waals surface area contributed by atoms with E-state index in [0.29, 0.717) is 12.2 Å². The summed E-state index contributed by atoms with van der Waals surface area (Å²) in [6, 6.07) is 13.8. The second-order valence-electron chi connectivity index (χ2n) is 5.68. The van der Waals surface area contributed by atoms with Crippen LogP contribution >= 0.6 is 0 Å². The Bertz CT molecular complexity index is 693. The standard InChI is InChI=1S/C19H20N2O2/c1-14-7-9-17(23-14)10-12-19(22)21-18-11-8-16(13-20-18)15-5-3-2-4-6-15/h2-8,11,13,17H,9-10,12H2,1H3,(H,20,21,22). The van der Waals surface area contributed by atoms with Crippen molar-refractivity contribution in [3.8, 4) is 11.1 Å². The summed E-state index contributed by atoms with van der Waals surface area (Å²) in [4.78, 5) is 16.3. The van der Waals surface area contributed by atoms with E-state index in [1.807, 2.05) is 49.4 Å². The van der Waals surface area contributed by atoms with Gasteiger partial charge in [0.2, 0.25) is 5.91 Å². The molecule has 1 aliphatic heterocycles. The highest BCUT2D eigenvalue weighted by atomic mass is 16.5. The molecule has 2 aromatic rings. The molecule has 2 heterocycles. The molecule has 1 aromatic heterocycles. The van der Waals surface area contributed by atoms with Crippen LogP contribution in [0.4, 0.5) is 5.82 Å². The molecule has 1 atom stereocenters. The van der Waals surface area contributed by atoms with Gasteiger partial charge in [0.1, 0.15) is 11.9 Å². The number of aromatic nitrogens is 1. The van der Waals surface area contributed by atoms with Gasteiger partial charge in [0.05, 0.1) is 5.76 Å². The number of hydrogen-bond donors (Lipinski definition) is 1. The van der Waals surface area contributed by atoms with Crippen LogP contribution in [0.5, 0.6) is 0 Å². The fraction of sp³-hybridized carbons (Fsp3) is 0.263. The van der Waals surface area contributed by atoms with Crippen LogP contribution in [-0.2, 0) is 9.53 Å². The van der Waals surface area contributed by atoms with Crippen molar-refractivity contribution < 1.29 is 9.53 Å². The van der Waals surface area contributed by atoms with Gasteiger partial charge in [-0.3, -0.25) is 4.79 Å². The molecule has 1 aromatic carbocycles. The molecule has 1 N–H and O–H groups in total. The maximum Gasteiger partial charge on any atom is 0.225 e. The fourth-order valence-corrected chi connectivity index (χ4v) is 2.60. The minimum absolute atomic E-state index is 0.0295. The largest absolute Gasteiger partial charge is 0.495 e. The van der Waals surface area contributed by atoms with Crippen molar-refractivity contribution in [2.45, 2.75) is 32.3 Å². The minimum Gasteiger partial charge on any atom is -0.495 e. The topological polar surface area (TPSA) is 51.2 Å². The summed E-state index contributed by atoms with van der Waals surface area (Å²) in [5.41, 5.74) is 2.14. The molecule has 118 valence electrons. The lowest BCUT2D eigenvalue weighted by molar-refractivity contribution is -0.116. The molecule has 0 spiro atoms. The van der Waals surface area contributed by atoms with Crippen molar-refractivity contribution in [3.05, 3.63) is 60.5 Å². The van der Waals surface area contributed by atoms with Crippen molar-refractivity contribution in [2.24, 2.45) is 0 Å². The first kappa shape index (κ1) is 15.3. The van der Waals surface area contributed by atoms with E-state index in [2.05, 4.69) is 16.4 Å². The van der Waals surface area contributed by atoms with Crippen LogP contribution in [-0.4, -0.2) is 17.0 Å². The Labute approximate surface area is 136 Å². The maximum atomic E-state index is 12.0. The summed E-state index contributed by atoms with van der Waals surface area (Å²) in [6.07, 6.45) is 6.03.